The summed E-state index contributed by atoms with van der Waals surface area (Å²) in [4.78, 5) is 15.8. The van der Waals surface area contributed by atoms with Crippen LogP contribution < -0.4 is 21.1 Å². The number of carbonyl (C=O) groups is 1. The second kappa shape index (κ2) is 8.75. The average Bonchev–Trinajstić information content (AvgIpc) is 2.59. The highest BCUT2D eigenvalue weighted by atomic mass is 19.4. The first-order valence-corrected chi connectivity index (χ1v) is 7.55. The third-order valence-electron chi connectivity index (χ3n) is 3.08. The number of para-hydroxylation sites is 1. The highest BCUT2D eigenvalue weighted by Crippen LogP contribution is 2.22. The van der Waals surface area contributed by atoms with Crippen LogP contribution in [0, 0.1) is 0 Å². The van der Waals surface area contributed by atoms with E-state index in [2.05, 4.69) is 20.4 Å². The van der Waals surface area contributed by atoms with Gasteiger partial charge in [0, 0.05) is 5.69 Å². The Labute approximate surface area is 147 Å². The van der Waals surface area contributed by atoms with Crippen LogP contribution in [0.25, 0.3) is 0 Å². The van der Waals surface area contributed by atoms with Crippen LogP contribution in [-0.2, 0) is 11.3 Å². The molecule has 2 rings (SSSR count). The van der Waals surface area contributed by atoms with Crippen LogP contribution in [0.4, 0.5) is 18.9 Å². The monoisotopic (exact) mass is 366 g/mol. The first kappa shape index (κ1) is 19.1. The minimum absolute atomic E-state index is 0.0452. The lowest BCUT2D eigenvalue weighted by Crippen LogP contribution is -2.37. The molecule has 0 spiro atoms. The summed E-state index contributed by atoms with van der Waals surface area (Å²) in [5, 5.41) is 5.34. The molecule has 0 heterocycles. The van der Waals surface area contributed by atoms with Gasteiger partial charge in [-0.15, -0.1) is 13.2 Å². The van der Waals surface area contributed by atoms with Gasteiger partial charge < -0.3 is 21.1 Å². The zero-order valence-corrected chi connectivity index (χ0v) is 13.6. The molecule has 9 heteroatoms. The molecule has 0 radical (unpaired) electrons. The number of nitrogens with one attached hydrogen (secondary N) is 2. The number of aliphatic imine (C=N–C) groups is 1. The number of anilines is 1. The molecule has 0 saturated carbocycles. The molecule has 1 amide bonds. The molecule has 0 fully saturated rings. The van der Waals surface area contributed by atoms with Crippen LogP contribution in [0.15, 0.2) is 59.6 Å². The van der Waals surface area contributed by atoms with E-state index in [1.165, 1.54) is 24.3 Å². The first-order valence-electron chi connectivity index (χ1n) is 7.55. The quantitative estimate of drug-likeness (QED) is 0.542. The van der Waals surface area contributed by atoms with Crippen molar-refractivity contribution >= 4 is 17.6 Å². The number of hydrogen-bond donors (Lipinski definition) is 3. The summed E-state index contributed by atoms with van der Waals surface area (Å²) in [6.45, 7) is 0.0774. The summed E-state index contributed by atoms with van der Waals surface area (Å²) in [5.41, 5.74) is 6.96. The Hall–Kier alpha value is -3.23. The van der Waals surface area contributed by atoms with Gasteiger partial charge >= 0.3 is 6.36 Å². The largest absolute Gasteiger partial charge is 0.573 e. The zero-order valence-electron chi connectivity index (χ0n) is 13.6. The van der Waals surface area contributed by atoms with E-state index in [-0.39, 0.29) is 30.7 Å². The molecule has 0 aromatic heterocycles. The van der Waals surface area contributed by atoms with Gasteiger partial charge in [-0.1, -0.05) is 30.3 Å². The van der Waals surface area contributed by atoms with Crippen LogP contribution in [0.3, 0.4) is 0 Å². The minimum Gasteiger partial charge on any atom is -0.406 e. The second-order valence-electron chi connectivity index (χ2n) is 5.16. The fourth-order valence-corrected chi connectivity index (χ4v) is 1.93. The fraction of sp³-hybridized carbons (Fsp3) is 0.176. The molecular weight excluding hydrogens is 349 g/mol. The van der Waals surface area contributed by atoms with Gasteiger partial charge in [0.2, 0.25) is 5.91 Å². The topological polar surface area (TPSA) is 88.7 Å². The lowest BCUT2D eigenvalue weighted by Gasteiger charge is -2.09. The molecule has 26 heavy (non-hydrogen) atoms. The molecule has 0 saturated heterocycles. The Bertz CT molecular complexity index is 747. The summed E-state index contributed by atoms with van der Waals surface area (Å²) in [6, 6.07) is 14.2. The number of benzene rings is 2. The van der Waals surface area contributed by atoms with Crippen molar-refractivity contribution in [2.45, 2.75) is 12.9 Å². The predicted molar refractivity (Wildman–Crippen MR) is 91.5 cm³/mol. The number of alkyl halides is 3. The Balaban J connectivity index is 1.78. The number of rotatable bonds is 6. The maximum absolute atomic E-state index is 12.1. The highest BCUT2D eigenvalue weighted by Gasteiger charge is 2.30. The smallest absolute Gasteiger partial charge is 0.406 e. The van der Waals surface area contributed by atoms with Crippen molar-refractivity contribution in [3.8, 4) is 5.75 Å². The van der Waals surface area contributed by atoms with E-state index in [0.717, 1.165) is 0 Å². The highest BCUT2D eigenvalue weighted by molar-refractivity contribution is 5.94. The van der Waals surface area contributed by atoms with Gasteiger partial charge in [-0.25, -0.2) is 4.99 Å². The normalized spacial score (nSPS) is 11.7. The summed E-state index contributed by atoms with van der Waals surface area (Å²) in [6.07, 6.45) is -4.73. The van der Waals surface area contributed by atoms with Crippen molar-refractivity contribution in [2.24, 2.45) is 10.7 Å². The lowest BCUT2D eigenvalue weighted by molar-refractivity contribution is -0.274. The van der Waals surface area contributed by atoms with Gasteiger partial charge in [0.1, 0.15) is 5.75 Å². The molecule has 0 unspecified atom stereocenters. The Kier molecular flexibility index (Phi) is 6.42. The molecule has 138 valence electrons. The Morgan fingerprint density at radius 2 is 1.73 bits per heavy atom. The fourth-order valence-electron chi connectivity index (χ4n) is 1.93. The van der Waals surface area contributed by atoms with Crippen LogP contribution >= 0.6 is 0 Å². The third-order valence-corrected chi connectivity index (χ3v) is 3.08. The maximum Gasteiger partial charge on any atom is 0.573 e. The van der Waals surface area contributed by atoms with Crippen molar-refractivity contribution in [2.75, 3.05) is 11.9 Å². The van der Waals surface area contributed by atoms with Crippen LogP contribution in [0.5, 0.6) is 5.75 Å². The van der Waals surface area contributed by atoms with Crippen molar-refractivity contribution in [1.29, 1.82) is 0 Å². The van der Waals surface area contributed by atoms with Crippen molar-refractivity contribution in [1.82, 2.24) is 5.32 Å². The van der Waals surface area contributed by atoms with E-state index in [4.69, 9.17) is 5.73 Å². The SMILES string of the molecule is NC(=NCc1ccc(OC(F)(F)F)cc1)NCC(=O)Nc1ccccc1. The molecule has 0 aliphatic rings. The molecular formula is C17H17F3N4O2. The molecule has 0 aliphatic heterocycles. The van der Waals surface area contributed by atoms with Gasteiger partial charge in [-0.3, -0.25) is 4.79 Å². The number of halogens is 3. The van der Waals surface area contributed by atoms with Crippen molar-refractivity contribution < 1.29 is 22.7 Å². The van der Waals surface area contributed by atoms with E-state index in [1.54, 1.807) is 24.3 Å². The van der Waals surface area contributed by atoms with Crippen LogP contribution in [0.2, 0.25) is 0 Å². The number of guanidine groups is 1. The number of nitrogens with zero attached hydrogens (tertiary/aromatic N) is 1. The van der Waals surface area contributed by atoms with E-state index in [1.807, 2.05) is 6.07 Å². The van der Waals surface area contributed by atoms with E-state index < -0.39 is 6.36 Å². The summed E-state index contributed by atoms with van der Waals surface area (Å²) in [7, 11) is 0. The molecule has 2 aromatic rings. The van der Waals surface area contributed by atoms with Gasteiger partial charge in [0.05, 0.1) is 13.1 Å². The lowest BCUT2D eigenvalue weighted by atomic mass is 10.2. The molecule has 4 N–H and O–H groups in total. The molecule has 6 nitrogen and oxygen atoms in total. The Morgan fingerprint density at radius 3 is 2.35 bits per heavy atom. The van der Waals surface area contributed by atoms with E-state index in [0.29, 0.717) is 11.3 Å². The van der Waals surface area contributed by atoms with Gasteiger partial charge in [-0.05, 0) is 29.8 Å². The van der Waals surface area contributed by atoms with E-state index >= 15 is 0 Å². The summed E-state index contributed by atoms with van der Waals surface area (Å²) >= 11 is 0. The predicted octanol–water partition coefficient (Wildman–Crippen LogP) is 2.63. The van der Waals surface area contributed by atoms with Gasteiger partial charge in [-0.2, -0.15) is 0 Å². The second-order valence-corrected chi connectivity index (χ2v) is 5.16. The third kappa shape index (κ3) is 7.12. The minimum atomic E-state index is -4.73. The average molecular weight is 366 g/mol. The molecule has 0 aliphatic carbocycles. The first-order chi connectivity index (χ1) is 12.3. The maximum atomic E-state index is 12.1. The molecule has 0 atom stereocenters. The zero-order chi connectivity index (χ0) is 19.0. The number of carbonyl (C=O) groups excluding carboxylic acids is 1. The van der Waals surface area contributed by atoms with Crippen LogP contribution in [-0.4, -0.2) is 24.8 Å². The number of hydrogen-bond acceptors (Lipinski definition) is 3. The number of ether oxygens (including phenoxy) is 1. The standard InChI is InChI=1S/C17H17F3N4O2/c18-17(19,20)26-14-8-6-12(7-9-14)10-22-16(21)23-11-15(25)24-13-4-2-1-3-5-13/h1-9H,10-11H2,(H,24,25)(H3,21,22,23). The molecule has 2 aromatic carbocycles. The van der Waals surface area contributed by atoms with Gasteiger partial charge in [0.25, 0.3) is 0 Å². The summed E-state index contributed by atoms with van der Waals surface area (Å²) < 4.78 is 40.0. The number of amides is 1. The Morgan fingerprint density at radius 1 is 1.08 bits per heavy atom. The number of nitrogens with two attached hydrogens (primary N) is 1. The van der Waals surface area contributed by atoms with Crippen molar-refractivity contribution in [3.63, 3.8) is 0 Å². The van der Waals surface area contributed by atoms with Gasteiger partial charge in [0.15, 0.2) is 5.96 Å². The summed E-state index contributed by atoms with van der Waals surface area (Å²) in [5.74, 6) is -0.555. The van der Waals surface area contributed by atoms with Crippen LogP contribution in [0.1, 0.15) is 5.56 Å². The van der Waals surface area contributed by atoms with Crippen molar-refractivity contribution in [3.05, 3.63) is 60.2 Å². The molecule has 0 bridgehead atoms. The van der Waals surface area contributed by atoms with E-state index in [9.17, 15) is 18.0 Å².